The normalized spacial score (nSPS) is 13.1. The van der Waals surface area contributed by atoms with Crippen LogP contribution in [0.4, 0.5) is 0 Å². The van der Waals surface area contributed by atoms with Crippen molar-refractivity contribution in [2.24, 2.45) is 0 Å². The topological polar surface area (TPSA) is 73.9 Å². The molecule has 0 atom stereocenters. The first-order valence-corrected chi connectivity index (χ1v) is 8.59. The van der Waals surface area contributed by atoms with Gasteiger partial charge in [0.1, 0.15) is 5.75 Å². The Hall–Kier alpha value is -2.25. The lowest BCUT2D eigenvalue weighted by molar-refractivity contribution is 0.174. The molecule has 0 aromatic heterocycles. The van der Waals surface area contributed by atoms with Crippen molar-refractivity contribution in [2.75, 3.05) is 20.4 Å². The second-order valence-corrected chi connectivity index (χ2v) is 6.78. The van der Waals surface area contributed by atoms with E-state index in [0.717, 1.165) is 5.56 Å². The van der Waals surface area contributed by atoms with Gasteiger partial charge in [-0.1, -0.05) is 6.07 Å². The number of sulfonamides is 1. The van der Waals surface area contributed by atoms with Crippen LogP contribution in [0.25, 0.3) is 0 Å². The Morgan fingerprint density at radius 1 is 1.09 bits per heavy atom. The van der Waals surface area contributed by atoms with E-state index in [2.05, 4.69) is 4.72 Å². The zero-order valence-electron chi connectivity index (χ0n) is 12.6. The Morgan fingerprint density at radius 2 is 1.83 bits per heavy atom. The number of rotatable bonds is 6. The van der Waals surface area contributed by atoms with Crippen LogP contribution in [-0.4, -0.2) is 28.9 Å². The zero-order valence-corrected chi connectivity index (χ0v) is 13.4. The quantitative estimate of drug-likeness (QED) is 0.873. The average Bonchev–Trinajstić information content (AvgIpc) is 3.02. The second kappa shape index (κ2) is 6.47. The first-order valence-electron chi connectivity index (χ1n) is 7.11. The van der Waals surface area contributed by atoms with E-state index in [9.17, 15) is 8.42 Å². The fourth-order valence-electron chi connectivity index (χ4n) is 2.26. The van der Waals surface area contributed by atoms with Gasteiger partial charge in [0, 0.05) is 6.54 Å². The predicted molar refractivity (Wildman–Crippen MR) is 84.5 cm³/mol. The molecular weight excluding hydrogens is 318 g/mol. The van der Waals surface area contributed by atoms with Crippen molar-refractivity contribution in [1.29, 1.82) is 0 Å². The van der Waals surface area contributed by atoms with E-state index in [-0.39, 0.29) is 11.7 Å². The minimum absolute atomic E-state index is 0.212. The molecule has 7 heteroatoms. The number of fused-ring (bicyclic) bond motifs is 1. The average molecular weight is 335 g/mol. The number of benzene rings is 2. The third kappa shape index (κ3) is 3.57. The lowest BCUT2D eigenvalue weighted by Crippen LogP contribution is -2.25. The van der Waals surface area contributed by atoms with Gasteiger partial charge < -0.3 is 14.2 Å². The molecule has 122 valence electrons. The molecular formula is C16H17NO5S. The molecule has 0 fully saturated rings. The van der Waals surface area contributed by atoms with E-state index >= 15 is 0 Å². The fraction of sp³-hybridized carbons (Fsp3) is 0.250. The van der Waals surface area contributed by atoms with Crippen LogP contribution in [0.5, 0.6) is 17.2 Å². The van der Waals surface area contributed by atoms with Crippen molar-refractivity contribution in [3.05, 3.63) is 48.0 Å². The SMILES string of the molecule is COc1ccc(S(=O)(=O)NCCc2ccc3c(c2)OCO3)cc1. The molecule has 1 N–H and O–H groups in total. The van der Waals surface area contributed by atoms with Gasteiger partial charge in [-0.2, -0.15) is 0 Å². The van der Waals surface area contributed by atoms with E-state index in [0.29, 0.717) is 30.2 Å². The summed E-state index contributed by atoms with van der Waals surface area (Å²) in [5.41, 5.74) is 0.978. The van der Waals surface area contributed by atoms with Gasteiger partial charge in [-0.15, -0.1) is 0 Å². The van der Waals surface area contributed by atoms with Crippen molar-refractivity contribution in [2.45, 2.75) is 11.3 Å². The highest BCUT2D eigenvalue weighted by Crippen LogP contribution is 2.32. The highest BCUT2D eigenvalue weighted by Gasteiger charge is 2.15. The number of hydrogen-bond donors (Lipinski definition) is 1. The summed E-state index contributed by atoms with van der Waals surface area (Å²) in [6.45, 7) is 0.525. The van der Waals surface area contributed by atoms with E-state index < -0.39 is 10.0 Å². The summed E-state index contributed by atoms with van der Waals surface area (Å²) in [4.78, 5) is 0.212. The van der Waals surface area contributed by atoms with Crippen LogP contribution in [0, 0.1) is 0 Å². The van der Waals surface area contributed by atoms with Crippen molar-refractivity contribution in [3.63, 3.8) is 0 Å². The molecule has 0 saturated heterocycles. The Kier molecular flexibility index (Phi) is 4.40. The summed E-state index contributed by atoms with van der Waals surface area (Å²) < 4.78 is 42.6. The Bertz CT molecular complexity index is 787. The molecule has 0 bridgehead atoms. The molecule has 0 radical (unpaired) electrons. The van der Waals surface area contributed by atoms with Crippen LogP contribution >= 0.6 is 0 Å². The molecule has 3 rings (SSSR count). The second-order valence-electron chi connectivity index (χ2n) is 5.01. The minimum atomic E-state index is -3.53. The lowest BCUT2D eigenvalue weighted by atomic mass is 10.1. The number of ether oxygens (including phenoxy) is 3. The molecule has 0 saturated carbocycles. The summed E-state index contributed by atoms with van der Waals surface area (Å²) in [6.07, 6.45) is 0.562. The third-order valence-electron chi connectivity index (χ3n) is 3.51. The van der Waals surface area contributed by atoms with Crippen LogP contribution in [0.15, 0.2) is 47.4 Å². The van der Waals surface area contributed by atoms with E-state index in [1.807, 2.05) is 18.2 Å². The van der Waals surface area contributed by atoms with Crippen LogP contribution in [0.2, 0.25) is 0 Å². The lowest BCUT2D eigenvalue weighted by Gasteiger charge is -2.08. The minimum Gasteiger partial charge on any atom is -0.497 e. The van der Waals surface area contributed by atoms with Gasteiger partial charge in [-0.3, -0.25) is 0 Å². The largest absolute Gasteiger partial charge is 0.497 e. The van der Waals surface area contributed by atoms with Crippen LogP contribution in [-0.2, 0) is 16.4 Å². The molecule has 2 aromatic carbocycles. The Morgan fingerprint density at radius 3 is 2.57 bits per heavy atom. The fourth-order valence-corrected chi connectivity index (χ4v) is 3.30. The van der Waals surface area contributed by atoms with Crippen LogP contribution in [0.3, 0.4) is 0 Å². The Balaban J connectivity index is 1.60. The maximum atomic E-state index is 12.2. The first kappa shape index (κ1) is 15.6. The summed E-state index contributed by atoms with van der Waals surface area (Å²) >= 11 is 0. The molecule has 6 nitrogen and oxygen atoms in total. The Labute approximate surface area is 135 Å². The van der Waals surface area contributed by atoms with Gasteiger partial charge >= 0.3 is 0 Å². The summed E-state index contributed by atoms with van der Waals surface area (Å²) in [7, 11) is -1.99. The van der Waals surface area contributed by atoms with Crippen molar-refractivity contribution in [3.8, 4) is 17.2 Å². The van der Waals surface area contributed by atoms with E-state index in [4.69, 9.17) is 14.2 Å². The predicted octanol–water partition coefficient (Wildman–Crippen LogP) is 1.94. The number of nitrogens with one attached hydrogen (secondary N) is 1. The van der Waals surface area contributed by atoms with Gasteiger partial charge in [0.15, 0.2) is 11.5 Å². The summed E-state index contributed by atoms with van der Waals surface area (Å²) in [5, 5.41) is 0. The smallest absolute Gasteiger partial charge is 0.240 e. The molecule has 0 amide bonds. The molecule has 1 aliphatic heterocycles. The molecule has 1 aliphatic rings. The maximum absolute atomic E-state index is 12.2. The van der Waals surface area contributed by atoms with Crippen LogP contribution < -0.4 is 18.9 Å². The van der Waals surface area contributed by atoms with Crippen LogP contribution in [0.1, 0.15) is 5.56 Å². The highest BCUT2D eigenvalue weighted by molar-refractivity contribution is 7.89. The van der Waals surface area contributed by atoms with Gasteiger partial charge in [-0.25, -0.2) is 13.1 Å². The third-order valence-corrected chi connectivity index (χ3v) is 4.99. The van der Waals surface area contributed by atoms with Gasteiger partial charge in [0.05, 0.1) is 12.0 Å². The monoisotopic (exact) mass is 335 g/mol. The maximum Gasteiger partial charge on any atom is 0.240 e. The van der Waals surface area contributed by atoms with E-state index in [1.165, 1.54) is 19.2 Å². The molecule has 0 unspecified atom stereocenters. The first-order chi connectivity index (χ1) is 11.1. The standard InChI is InChI=1S/C16H17NO5S/c1-20-13-3-5-14(6-4-13)23(18,19)17-9-8-12-2-7-15-16(10-12)22-11-21-15/h2-7,10,17H,8-9,11H2,1H3. The van der Waals surface area contributed by atoms with Gasteiger partial charge in [0.2, 0.25) is 16.8 Å². The van der Waals surface area contributed by atoms with Crippen molar-refractivity contribution in [1.82, 2.24) is 4.72 Å². The van der Waals surface area contributed by atoms with Gasteiger partial charge in [0.25, 0.3) is 0 Å². The molecule has 2 aromatic rings. The molecule has 1 heterocycles. The van der Waals surface area contributed by atoms with Crippen molar-refractivity contribution < 1.29 is 22.6 Å². The summed E-state index contributed by atoms with van der Waals surface area (Å²) in [6, 6.07) is 11.9. The van der Waals surface area contributed by atoms with Crippen molar-refractivity contribution >= 4 is 10.0 Å². The summed E-state index contributed by atoms with van der Waals surface area (Å²) in [5.74, 6) is 2.03. The zero-order chi connectivity index (χ0) is 16.3. The van der Waals surface area contributed by atoms with E-state index in [1.54, 1.807) is 12.1 Å². The number of hydrogen-bond acceptors (Lipinski definition) is 5. The molecule has 0 spiro atoms. The molecule has 23 heavy (non-hydrogen) atoms. The highest BCUT2D eigenvalue weighted by atomic mass is 32.2. The van der Waals surface area contributed by atoms with Gasteiger partial charge in [-0.05, 0) is 48.4 Å². The molecule has 0 aliphatic carbocycles. The number of methoxy groups -OCH3 is 1.